The van der Waals surface area contributed by atoms with E-state index in [-0.39, 0.29) is 18.0 Å². The minimum absolute atomic E-state index is 0.00844. The van der Waals surface area contributed by atoms with Gasteiger partial charge in [0.15, 0.2) is 0 Å². The fourth-order valence-electron chi connectivity index (χ4n) is 2.56. The number of hydrogen-bond acceptors (Lipinski definition) is 3. The second-order valence-corrected chi connectivity index (χ2v) is 8.63. The third-order valence-electron chi connectivity index (χ3n) is 3.97. The van der Waals surface area contributed by atoms with Crippen LogP contribution in [0, 0.1) is 5.82 Å². The van der Waals surface area contributed by atoms with Crippen molar-refractivity contribution in [3.63, 3.8) is 0 Å². The molecule has 9 heteroatoms. The van der Waals surface area contributed by atoms with Gasteiger partial charge < -0.3 is 0 Å². The lowest BCUT2D eigenvalue weighted by atomic mass is 10.2. The van der Waals surface area contributed by atoms with Crippen molar-refractivity contribution in [3.8, 4) is 0 Å². The van der Waals surface area contributed by atoms with Gasteiger partial charge in [0.2, 0.25) is 10.0 Å². The van der Waals surface area contributed by atoms with E-state index in [0.29, 0.717) is 21.4 Å². The van der Waals surface area contributed by atoms with Crippen LogP contribution in [-0.2, 0) is 30.2 Å². The first-order valence-electron chi connectivity index (χ1n) is 7.95. The molecule has 0 spiro atoms. The second kappa shape index (κ2) is 7.98. The normalized spacial score (nSPS) is 11.9. The summed E-state index contributed by atoms with van der Waals surface area (Å²) in [4.78, 5) is -0.0158. The maximum Gasteiger partial charge on any atom is 0.243 e. The molecule has 142 valence electrons. The molecule has 0 saturated heterocycles. The van der Waals surface area contributed by atoms with Crippen LogP contribution in [0.25, 0.3) is 0 Å². The molecule has 0 saturated carbocycles. The van der Waals surface area contributed by atoms with Gasteiger partial charge in [-0.15, -0.1) is 0 Å². The Morgan fingerprint density at radius 1 is 1.07 bits per heavy atom. The zero-order valence-corrected chi connectivity index (χ0v) is 16.6. The van der Waals surface area contributed by atoms with Crippen LogP contribution in [0.2, 0.25) is 10.2 Å². The van der Waals surface area contributed by atoms with Crippen molar-refractivity contribution < 1.29 is 12.8 Å². The van der Waals surface area contributed by atoms with E-state index in [1.165, 1.54) is 21.1 Å². The molecular weight excluding hydrogens is 412 g/mol. The molecule has 0 radical (unpaired) electrons. The SMILES string of the molecule is Cn1nc(CN(Cc2ccccc2Cl)S(=O)(=O)c2ccc(F)cc2)cc1Cl. The number of benzene rings is 2. The molecule has 0 bridgehead atoms. The lowest BCUT2D eigenvalue weighted by Gasteiger charge is -2.22. The standard InChI is InChI=1S/C18H16Cl2FN3O2S/c1-23-18(20)10-15(22-23)12-24(11-13-4-2-3-5-17(13)19)27(25,26)16-8-6-14(21)7-9-16/h2-10H,11-12H2,1H3. The Bertz CT molecular complexity index is 1030. The quantitative estimate of drug-likeness (QED) is 0.590. The molecule has 3 rings (SSSR count). The Labute approximate surface area is 167 Å². The van der Waals surface area contributed by atoms with E-state index in [1.54, 1.807) is 37.4 Å². The van der Waals surface area contributed by atoms with E-state index in [4.69, 9.17) is 23.2 Å². The first-order chi connectivity index (χ1) is 12.8. The molecule has 0 amide bonds. The van der Waals surface area contributed by atoms with Crippen LogP contribution in [0.1, 0.15) is 11.3 Å². The van der Waals surface area contributed by atoms with E-state index in [9.17, 15) is 12.8 Å². The molecule has 0 fully saturated rings. The van der Waals surface area contributed by atoms with Gasteiger partial charge in [0, 0.05) is 18.6 Å². The van der Waals surface area contributed by atoms with Crippen molar-refractivity contribution in [2.45, 2.75) is 18.0 Å². The number of rotatable bonds is 6. The van der Waals surface area contributed by atoms with E-state index in [0.717, 1.165) is 12.1 Å². The Balaban J connectivity index is 2.00. The maximum absolute atomic E-state index is 13.2. The van der Waals surface area contributed by atoms with Crippen LogP contribution < -0.4 is 0 Å². The largest absolute Gasteiger partial charge is 0.257 e. The number of hydrogen-bond donors (Lipinski definition) is 0. The van der Waals surface area contributed by atoms with Crippen LogP contribution in [-0.4, -0.2) is 22.5 Å². The molecular formula is C18H16Cl2FN3O2S. The van der Waals surface area contributed by atoms with Gasteiger partial charge in [-0.25, -0.2) is 12.8 Å². The third-order valence-corrected chi connectivity index (χ3v) is 6.50. The average molecular weight is 428 g/mol. The summed E-state index contributed by atoms with van der Waals surface area (Å²) in [5.41, 5.74) is 1.13. The highest BCUT2D eigenvalue weighted by Crippen LogP contribution is 2.25. The van der Waals surface area contributed by atoms with Crippen molar-refractivity contribution in [2.24, 2.45) is 7.05 Å². The highest BCUT2D eigenvalue weighted by atomic mass is 35.5. The highest BCUT2D eigenvalue weighted by Gasteiger charge is 2.26. The number of nitrogens with zero attached hydrogens (tertiary/aromatic N) is 3. The first-order valence-corrected chi connectivity index (χ1v) is 10.1. The Kier molecular flexibility index (Phi) is 5.86. The van der Waals surface area contributed by atoms with Crippen molar-refractivity contribution in [1.82, 2.24) is 14.1 Å². The Morgan fingerprint density at radius 2 is 1.74 bits per heavy atom. The minimum atomic E-state index is -3.92. The van der Waals surface area contributed by atoms with Gasteiger partial charge >= 0.3 is 0 Å². The van der Waals surface area contributed by atoms with Crippen LogP contribution in [0.4, 0.5) is 4.39 Å². The van der Waals surface area contributed by atoms with Crippen LogP contribution in [0.3, 0.4) is 0 Å². The molecule has 0 N–H and O–H groups in total. The molecule has 0 unspecified atom stereocenters. The van der Waals surface area contributed by atoms with Gasteiger partial charge in [-0.05, 0) is 42.0 Å². The van der Waals surface area contributed by atoms with E-state index >= 15 is 0 Å². The molecule has 1 heterocycles. The first kappa shape index (κ1) is 19.8. The smallest absolute Gasteiger partial charge is 0.243 e. The van der Waals surface area contributed by atoms with E-state index in [1.807, 2.05) is 0 Å². The fourth-order valence-corrected chi connectivity index (χ4v) is 4.30. The second-order valence-electron chi connectivity index (χ2n) is 5.90. The zero-order valence-electron chi connectivity index (χ0n) is 14.3. The predicted molar refractivity (Wildman–Crippen MR) is 103 cm³/mol. The number of sulfonamides is 1. The average Bonchev–Trinajstić information content (AvgIpc) is 2.94. The van der Waals surface area contributed by atoms with Crippen molar-refractivity contribution in [3.05, 3.63) is 81.8 Å². The van der Waals surface area contributed by atoms with Crippen LogP contribution >= 0.6 is 23.2 Å². The molecule has 5 nitrogen and oxygen atoms in total. The lowest BCUT2D eigenvalue weighted by molar-refractivity contribution is 0.395. The van der Waals surface area contributed by atoms with E-state index in [2.05, 4.69) is 5.10 Å². The van der Waals surface area contributed by atoms with Gasteiger partial charge in [0.05, 0.1) is 17.1 Å². The molecule has 0 aliphatic carbocycles. The summed E-state index contributed by atoms with van der Waals surface area (Å²) in [6, 6.07) is 13.3. The van der Waals surface area contributed by atoms with Crippen molar-refractivity contribution >= 4 is 33.2 Å². The third kappa shape index (κ3) is 4.50. The van der Waals surface area contributed by atoms with Gasteiger partial charge in [-0.1, -0.05) is 41.4 Å². The van der Waals surface area contributed by atoms with Crippen LogP contribution in [0.15, 0.2) is 59.5 Å². The lowest BCUT2D eigenvalue weighted by Crippen LogP contribution is -2.30. The molecule has 0 aliphatic rings. The topological polar surface area (TPSA) is 55.2 Å². The minimum Gasteiger partial charge on any atom is -0.257 e. The molecule has 0 aliphatic heterocycles. The summed E-state index contributed by atoms with van der Waals surface area (Å²) < 4.78 is 42.2. The summed E-state index contributed by atoms with van der Waals surface area (Å²) in [5.74, 6) is -0.511. The predicted octanol–water partition coefficient (Wildman–Crippen LogP) is 4.26. The number of halogens is 3. The van der Waals surface area contributed by atoms with Crippen LogP contribution in [0.5, 0.6) is 0 Å². The molecule has 2 aromatic carbocycles. The summed E-state index contributed by atoms with van der Waals surface area (Å²) in [7, 11) is -2.25. The zero-order chi connectivity index (χ0) is 19.6. The Morgan fingerprint density at radius 3 is 2.33 bits per heavy atom. The van der Waals surface area contributed by atoms with Crippen molar-refractivity contribution in [2.75, 3.05) is 0 Å². The summed E-state index contributed by atoms with van der Waals surface area (Å²) >= 11 is 12.2. The van der Waals surface area contributed by atoms with Gasteiger partial charge in [0.25, 0.3) is 0 Å². The van der Waals surface area contributed by atoms with Crippen molar-refractivity contribution in [1.29, 1.82) is 0 Å². The summed E-state index contributed by atoms with van der Waals surface area (Å²) in [6.07, 6.45) is 0. The molecule has 27 heavy (non-hydrogen) atoms. The highest BCUT2D eigenvalue weighted by molar-refractivity contribution is 7.89. The van der Waals surface area contributed by atoms with Gasteiger partial charge in [0.1, 0.15) is 11.0 Å². The number of aromatic nitrogens is 2. The van der Waals surface area contributed by atoms with Gasteiger partial charge in [-0.3, -0.25) is 4.68 Å². The molecule has 1 aromatic heterocycles. The van der Waals surface area contributed by atoms with E-state index < -0.39 is 15.8 Å². The summed E-state index contributed by atoms with van der Waals surface area (Å²) in [6.45, 7) is 0.0269. The Hall–Kier alpha value is -1.93. The summed E-state index contributed by atoms with van der Waals surface area (Å²) in [5, 5.41) is 5.07. The monoisotopic (exact) mass is 427 g/mol. The fraction of sp³-hybridized carbons (Fsp3) is 0.167. The molecule has 0 atom stereocenters. The number of aryl methyl sites for hydroxylation is 1. The molecule has 3 aromatic rings. The maximum atomic E-state index is 13.2. The van der Waals surface area contributed by atoms with Gasteiger partial charge in [-0.2, -0.15) is 9.40 Å².